The maximum absolute atomic E-state index is 13.6. The summed E-state index contributed by atoms with van der Waals surface area (Å²) >= 11 is 0. The molecule has 3 atom stereocenters. The van der Waals surface area contributed by atoms with Gasteiger partial charge in [-0.1, -0.05) is 48.5 Å². The summed E-state index contributed by atoms with van der Waals surface area (Å²) in [5, 5.41) is 5.72. The molecule has 5 heteroatoms. The molecule has 2 fully saturated rings. The van der Waals surface area contributed by atoms with Crippen LogP contribution in [0, 0.1) is 18.7 Å². The average molecular weight is 516 g/mol. The topological polar surface area (TPSA) is 38.1 Å². The Morgan fingerprint density at radius 3 is 2.41 bits per heavy atom. The van der Waals surface area contributed by atoms with E-state index in [0.29, 0.717) is 18.4 Å². The van der Waals surface area contributed by atoms with Crippen molar-refractivity contribution in [3.05, 3.63) is 131 Å². The highest BCUT2D eigenvalue weighted by molar-refractivity contribution is 5.94. The van der Waals surface area contributed by atoms with E-state index in [-0.39, 0.29) is 17.1 Å². The van der Waals surface area contributed by atoms with Gasteiger partial charge in [0.05, 0.1) is 17.4 Å². The van der Waals surface area contributed by atoms with Crippen molar-refractivity contribution in [2.75, 3.05) is 13.1 Å². The summed E-state index contributed by atoms with van der Waals surface area (Å²) in [7, 11) is 0. The molecule has 1 aliphatic heterocycles. The van der Waals surface area contributed by atoms with Crippen molar-refractivity contribution in [1.29, 1.82) is 0 Å². The van der Waals surface area contributed by atoms with Gasteiger partial charge in [0, 0.05) is 29.5 Å². The Bertz CT molecular complexity index is 1660. The highest BCUT2D eigenvalue weighted by atomic mass is 19.1. The molecule has 1 aromatic heterocycles. The number of nitrogens with zero attached hydrogens (tertiary/aromatic N) is 3. The first-order chi connectivity index (χ1) is 19.0. The van der Waals surface area contributed by atoms with Crippen LogP contribution < -0.4 is 0 Å². The summed E-state index contributed by atoms with van der Waals surface area (Å²) in [4.78, 5) is 15.6. The van der Waals surface area contributed by atoms with Crippen molar-refractivity contribution in [2.24, 2.45) is 5.92 Å². The molecule has 0 N–H and O–H groups in total. The van der Waals surface area contributed by atoms with Crippen LogP contribution in [0.3, 0.4) is 0 Å². The summed E-state index contributed by atoms with van der Waals surface area (Å²) in [5.74, 6) is 0.688. The molecule has 1 saturated heterocycles. The zero-order valence-electron chi connectivity index (χ0n) is 21.9. The zero-order valence-corrected chi connectivity index (χ0v) is 21.9. The number of likely N-dealkylation sites (tertiary alicyclic amines) is 1. The van der Waals surface area contributed by atoms with E-state index < -0.39 is 0 Å². The highest BCUT2D eigenvalue weighted by Crippen LogP contribution is 2.57. The summed E-state index contributed by atoms with van der Waals surface area (Å²) in [6.45, 7) is 3.66. The molecular formula is C34H30FN3O. The van der Waals surface area contributed by atoms with E-state index in [1.54, 1.807) is 12.1 Å². The van der Waals surface area contributed by atoms with Crippen molar-refractivity contribution in [2.45, 2.75) is 31.1 Å². The van der Waals surface area contributed by atoms with Gasteiger partial charge in [0.25, 0.3) is 5.91 Å². The van der Waals surface area contributed by atoms with Gasteiger partial charge in [-0.3, -0.25) is 4.79 Å². The third-order valence-corrected chi connectivity index (χ3v) is 8.98. The first-order valence-corrected chi connectivity index (χ1v) is 13.7. The SMILES string of the molecule is Cc1cc2c(cnn2-c2ccc(F)cc2)cc1[C@@]12C[C@@H](c3ccccc3)C[C@@H]1CN(C(=O)c1ccccc1)C2. The third kappa shape index (κ3) is 3.95. The zero-order chi connectivity index (χ0) is 26.6. The van der Waals surface area contributed by atoms with Crippen molar-refractivity contribution in [3.63, 3.8) is 0 Å². The normalized spacial score (nSPS) is 22.4. The average Bonchev–Trinajstić information content (AvgIpc) is 3.65. The lowest BCUT2D eigenvalue weighted by Gasteiger charge is -2.32. The number of hydrogen-bond acceptors (Lipinski definition) is 2. The number of rotatable bonds is 4. The van der Waals surface area contributed by atoms with Gasteiger partial charge in [-0.25, -0.2) is 9.07 Å². The molecule has 0 spiro atoms. The van der Waals surface area contributed by atoms with Crippen LogP contribution in [0.5, 0.6) is 0 Å². The molecule has 2 aliphatic rings. The fourth-order valence-corrected chi connectivity index (χ4v) is 7.19. The number of carbonyl (C=O) groups excluding carboxylic acids is 1. The number of benzene rings is 4. The number of carbonyl (C=O) groups is 1. The van der Waals surface area contributed by atoms with E-state index in [0.717, 1.165) is 41.5 Å². The molecule has 5 aromatic rings. The second kappa shape index (κ2) is 9.19. The van der Waals surface area contributed by atoms with Gasteiger partial charge < -0.3 is 4.90 Å². The largest absolute Gasteiger partial charge is 0.337 e. The lowest BCUT2D eigenvalue weighted by atomic mass is 9.72. The molecule has 194 valence electrons. The number of aryl methyl sites for hydroxylation is 1. The molecule has 4 nitrogen and oxygen atoms in total. The molecule has 0 unspecified atom stereocenters. The fraction of sp³-hybridized carbons (Fsp3) is 0.235. The summed E-state index contributed by atoms with van der Waals surface area (Å²) < 4.78 is 15.4. The lowest BCUT2D eigenvalue weighted by molar-refractivity contribution is 0.0776. The lowest BCUT2D eigenvalue weighted by Crippen LogP contribution is -2.35. The Kier molecular flexibility index (Phi) is 5.62. The van der Waals surface area contributed by atoms with Gasteiger partial charge in [-0.15, -0.1) is 0 Å². The predicted molar refractivity (Wildman–Crippen MR) is 152 cm³/mol. The molecule has 0 bridgehead atoms. The molecule has 1 saturated carbocycles. The third-order valence-electron chi connectivity index (χ3n) is 8.98. The Morgan fingerprint density at radius 2 is 1.67 bits per heavy atom. The van der Waals surface area contributed by atoms with Gasteiger partial charge >= 0.3 is 0 Å². The maximum atomic E-state index is 13.6. The maximum Gasteiger partial charge on any atom is 0.253 e. The van der Waals surface area contributed by atoms with E-state index in [9.17, 15) is 9.18 Å². The van der Waals surface area contributed by atoms with E-state index in [2.05, 4.69) is 59.4 Å². The van der Waals surface area contributed by atoms with E-state index in [1.165, 1.54) is 28.8 Å². The molecule has 2 heterocycles. The van der Waals surface area contributed by atoms with Crippen LogP contribution in [-0.4, -0.2) is 33.7 Å². The number of aromatic nitrogens is 2. The minimum Gasteiger partial charge on any atom is -0.337 e. The molecule has 4 aromatic carbocycles. The molecule has 1 aliphatic carbocycles. The van der Waals surface area contributed by atoms with Gasteiger partial charge in [0.1, 0.15) is 5.82 Å². The highest BCUT2D eigenvalue weighted by Gasteiger charge is 2.55. The Balaban J connectivity index is 1.31. The molecule has 1 amide bonds. The number of amides is 1. The van der Waals surface area contributed by atoms with Crippen molar-refractivity contribution in [1.82, 2.24) is 14.7 Å². The van der Waals surface area contributed by atoms with Crippen LogP contribution in [0.15, 0.2) is 103 Å². The summed E-state index contributed by atoms with van der Waals surface area (Å²) in [6.07, 6.45) is 3.98. The Morgan fingerprint density at radius 1 is 0.949 bits per heavy atom. The Hall–Kier alpha value is -4.25. The summed E-state index contributed by atoms with van der Waals surface area (Å²) in [6, 6.07) is 31.4. The van der Waals surface area contributed by atoms with E-state index >= 15 is 0 Å². The number of fused-ring (bicyclic) bond motifs is 2. The van der Waals surface area contributed by atoms with Crippen LogP contribution in [0.2, 0.25) is 0 Å². The molecule has 39 heavy (non-hydrogen) atoms. The van der Waals surface area contributed by atoms with Gasteiger partial charge in [-0.05, 0) is 96.8 Å². The Labute approximate surface area is 227 Å². The van der Waals surface area contributed by atoms with Crippen LogP contribution in [0.1, 0.15) is 45.8 Å². The first kappa shape index (κ1) is 23.8. The van der Waals surface area contributed by atoms with Crippen molar-refractivity contribution < 1.29 is 9.18 Å². The van der Waals surface area contributed by atoms with E-state index in [1.807, 2.05) is 41.2 Å². The van der Waals surface area contributed by atoms with Gasteiger partial charge in [0.2, 0.25) is 0 Å². The molecule has 0 radical (unpaired) electrons. The second-order valence-corrected chi connectivity index (χ2v) is 11.2. The standard InChI is InChI=1S/C34H30FN3O/c1-23-16-32-27(20-36-38(32)30-14-12-29(35)13-15-30)18-31(23)34-19-26(24-8-4-2-5-9-24)17-28(34)21-37(22-34)33(39)25-10-6-3-7-11-25/h2-16,18,20,26,28H,17,19,21-22H2,1H3/t26-,28+,34+/m0/s1. The van der Waals surface area contributed by atoms with Crippen LogP contribution in [-0.2, 0) is 5.41 Å². The van der Waals surface area contributed by atoms with Gasteiger partial charge in [-0.2, -0.15) is 5.10 Å². The molecule has 7 rings (SSSR count). The summed E-state index contributed by atoms with van der Waals surface area (Å²) in [5.41, 5.74) is 6.37. The number of hydrogen-bond donors (Lipinski definition) is 0. The fourth-order valence-electron chi connectivity index (χ4n) is 7.19. The van der Waals surface area contributed by atoms with Crippen molar-refractivity contribution >= 4 is 16.8 Å². The minimum atomic E-state index is -0.260. The quantitative estimate of drug-likeness (QED) is 0.257. The first-order valence-electron chi connectivity index (χ1n) is 13.7. The van der Waals surface area contributed by atoms with E-state index in [4.69, 9.17) is 0 Å². The van der Waals surface area contributed by atoms with Crippen molar-refractivity contribution in [3.8, 4) is 5.69 Å². The van der Waals surface area contributed by atoms with Crippen LogP contribution >= 0.6 is 0 Å². The van der Waals surface area contributed by atoms with Gasteiger partial charge in [0.15, 0.2) is 0 Å². The molecular weight excluding hydrogens is 485 g/mol. The predicted octanol–water partition coefficient (Wildman–Crippen LogP) is 7.06. The smallest absolute Gasteiger partial charge is 0.253 e. The monoisotopic (exact) mass is 515 g/mol. The van der Waals surface area contributed by atoms with Crippen LogP contribution in [0.25, 0.3) is 16.6 Å². The number of halogens is 1. The van der Waals surface area contributed by atoms with Crippen LogP contribution in [0.4, 0.5) is 4.39 Å². The minimum absolute atomic E-state index is 0.114. The second-order valence-electron chi connectivity index (χ2n) is 11.2.